The summed E-state index contributed by atoms with van der Waals surface area (Å²) in [6, 6.07) is 2.03. The lowest BCUT2D eigenvalue weighted by atomic mass is 9.86. The van der Waals surface area contributed by atoms with E-state index in [0.29, 0.717) is 28.9 Å². The van der Waals surface area contributed by atoms with Crippen LogP contribution in [0.4, 0.5) is 5.82 Å². The first-order valence-corrected chi connectivity index (χ1v) is 6.74. The fourth-order valence-electron chi connectivity index (χ4n) is 2.57. The van der Waals surface area contributed by atoms with Crippen molar-refractivity contribution in [1.29, 1.82) is 0 Å². The molecular weight excluding hydrogens is 250 g/mol. The van der Waals surface area contributed by atoms with Crippen molar-refractivity contribution >= 4 is 17.4 Å². The summed E-state index contributed by atoms with van der Waals surface area (Å²) in [5.41, 5.74) is 5.44. The standard InChI is InChI=1S/C13H20ClN3O/c1-13(18,7-10-4-2-3-5-16-10)11-6-9(14)8-17-12(11)15/h6,8,10,16,18H,2-5,7H2,1H3,(H2,15,17). The third-order valence-corrected chi connectivity index (χ3v) is 3.73. The fraction of sp³-hybridized carbons (Fsp3) is 0.615. The van der Waals surface area contributed by atoms with Crippen molar-refractivity contribution in [3.8, 4) is 0 Å². The molecule has 1 saturated heterocycles. The van der Waals surface area contributed by atoms with Gasteiger partial charge in [0.15, 0.2) is 0 Å². The summed E-state index contributed by atoms with van der Waals surface area (Å²) < 4.78 is 0. The third kappa shape index (κ3) is 3.13. The van der Waals surface area contributed by atoms with Gasteiger partial charge in [-0.3, -0.25) is 0 Å². The molecule has 5 heteroatoms. The molecular formula is C13H20ClN3O. The molecule has 2 rings (SSSR count). The highest BCUT2D eigenvalue weighted by molar-refractivity contribution is 6.30. The molecule has 4 nitrogen and oxygen atoms in total. The van der Waals surface area contributed by atoms with E-state index in [4.69, 9.17) is 17.3 Å². The Bertz CT molecular complexity index is 417. The van der Waals surface area contributed by atoms with Gasteiger partial charge in [0.25, 0.3) is 0 Å². The van der Waals surface area contributed by atoms with Crippen LogP contribution in [0.1, 0.15) is 38.2 Å². The monoisotopic (exact) mass is 269 g/mol. The van der Waals surface area contributed by atoms with Crippen molar-refractivity contribution in [2.45, 2.75) is 44.2 Å². The summed E-state index contributed by atoms with van der Waals surface area (Å²) in [6.45, 7) is 2.79. The molecule has 100 valence electrons. The summed E-state index contributed by atoms with van der Waals surface area (Å²) in [5, 5.41) is 14.5. The van der Waals surface area contributed by atoms with E-state index in [1.54, 1.807) is 13.0 Å². The number of nitrogens with one attached hydrogen (secondary N) is 1. The first-order valence-electron chi connectivity index (χ1n) is 6.36. The van der Waals surface area contributed by atoms with Gasteiger partial charge in [-0.1, -0.05) is 18.0 Å². The second kappa shape index (κ2) is 5.43. The smallest absolute Gasteiger partial charge is 0.129 e. The zero-order valence-corrected chi connectivity index (χ0v) is 11.4. The summed E-state index contributed by atoms with van der Waals surface area (Å²) >= 11 is 5.92. The predicted octanol–water partition coefficient (Wildman–Crippen LogP) is 2.06. The molecule has 2 atom stereocenters. The van der Waals surface area contributed by atoms with Gasteiger partial charge in [0, 0.05) is 17.8 Å². The zero-order chi connectivity index (χ0) is 13.2. The predicted molar refractivity (Wildman–Crippen MR) is 73.5 cm³/mol. The van der Waals surface area contributed by atoms with E-state index in [1.165, 1.54) is 19.0 Å². The quantitative estimate of drug-likeness (QED) is 0.785. The number of aromatic nitrogens is 1. The minimum Gasteiger partial charge on any atom is -0.385 e. The normalized spacial score (nSPS) is 23.6. The van der Waals surface area contributed by atoms with Crippen molar-refractivity contribution in [3.63, 3.8) is 0 Å². The van der Waals surface area contributed by atoms with Gasteiger partial charge in [0.05, 0.1) is 10.6 Å². The molecule has 1 aromatic rings. The molecule has 0 amide bonds. The summed E-state index contributed by atoms with van der Waals surface area (Å²) in [6.07, 6.45) is 5.62. The van der Waals surface area contributed by atoms with Gasteiger partial charge in [-0.25, -0.2) is 4.98 Å². The second-order valence-electron chi connectivity index (χ2n) is 5.21. The average Bonchev–Trinajstić information content (AvgIpc) is 2.33. The van der Waals surface area contributed by atoms with Gasteiger partial charge < -0.3 is 16.2 Å². The van der Waals surface area contributed by atoms with Crippen LogP contribution in [0.2, 0.25) is 5.02 Å². The van der Waals surface area contributed by atoms with Crippen LogP contribution in [0, 0.1) is 0 Å². The number of halogens is 1. The van der Waals surface area contributed by atoms with Crippen molar-refractivity contribution in [2.75, 3.05) is 12.3 Å². The van der Waals surface area contributed by atoms with E-state index in [1.807, 2.05) is 0 Å². The topological polar surface area (TPSA) is 71.2 Å². The van der Waals surface area contributed by atoms with E-state index in [0.717, 1.165) is 13.0 Å². The minimum atomic E-state index is -1.00. The Kier molecular flexibility index (Phi) is 4.10. The van der Waals surface area contributed by atoms with Crippen LogP contribution in [-0.2, 0) is 5.60 Å². The number of pyridine rings is 1. The molecule has 0 aliphatic carbocycles. The Morgan fingerprint density at radius 3 is 3.06 bits per heavy atom. The van der Waals surface area contributed by atoms with Crippen LogP contribution in [0.5, 0.6) is 0 Å². The average molecular weight is 270 g/mol. The molecule has 1 fully saturated rings. The van der Waals surface area contributed by atoms with Crippen molar-refractivity contribution < 1.29 is 5.11 Å². The van der Waals surface area contributed by atoms with E-state index in [2.05, 4.69) is 10.3 Å². The van der Waals surface area contributed by atoms with Crippen molar-refractivity contribution in [3.05, 3.63) is 22.8 Å². The Balaban J connectivity index is 2.15. The number of nitrogens with two attached hydrogens (primary N) is 1. The van der Waals surface area contributed by atoms with Gasteiger partial charge in [0.1, 0.15) is 5.82 Å². The molecule has 2 heterocycles. The van der Waals surface area contributed by atoms with Crippen molar-refractivity contribution in [1.82, 2.24) is 10.3 Å². The van der Waals surface area contributed by atoms with Gasteiger partial charge >= 0.3 is 0 Å². The highest BCUT2D eigenvalue weighted by Crippen LogP contribution is 2.32. The highest BCUT2D eigenvalue weighted by atomic mass is 35.5. The zero-order valence-electron chi connectivity index (χ0n) is 10.6. The number of aliphatic hydroxyl groups is 1. The summed E-state index contributed by atoms with van der Waals surface area (Å²) in [7, 11) is 0. The molecule has 0 radical (unpaired) electrons. The van der Waals surface area contributed by atoms with Crippen LogP contribution in [0.25, 0.3) is 0 Å². The van der Waals surface area contributed by atoms with Crippen LogP contribution >= 0.6 is 11.6 Å². The number of piperidine rings is 1. The maximum atomic E-state index is 10.6. The molecule has 0 spiro atoms. The molecule has 4 N–H and O–H groups in total. The lowest BCUT2D eigenvalue weighted by Crippen LogP contribution is -2.40. The van der Waals surface area contributed by atoms with E-state index >= 15 is 0 Å². The highest BCUT2D eigenvalue weighted by Gasteiger charge is 2.30. The van der Waals surface area contributed by atoms with Crippen LogP contribution < -0.4 is 11.1 Å². The largest absolute Gasteiger partial charge is 0.385 e. The van der Waals surface area contributed by atoms with E-state index in [9.17, 15) is 5.11 Å². The maximum Gasteiger partial charge on any atom is 0.129 e. The minimum absolute atomic E-state index is 0.326. The Hall–Kier alpha value is -0.840. The number of hydrogen-bond acceptors (Lipinski definition) is 4. The van der Waals surface area contributed by atoms with Crippen LogP contribution in [-0.4, -0.2) is 22.7 Å². The van der Waals surface area contributed by atoms with Crippen LogP contribution in [0.15, 0.2) is 12.3 Å². The maximum absolute atomic E-state index is 10.6. The SMILES string of the molecule is CC(O)(CC1CCCCN1)c1cc(Cl)cnc1N. The second-order valence-corrected chi connectivity index (χ2v) is 5.65. The number of hydrogen-bond donors (Lipinski definition) is 3. The lowest BCUT2D eigenvalue weighted by Gasteiger charge is -2.32. The molecule has 0 aromatic carbocycles. The number of nitrogen functional groups attached to an aromatic ring is 1. The molecule has 1 aromatic heterocycles. The summed E-state index contributed by atoms with van der Waals surface area (Å²) in [5.74, 6) is 0.347. The fourth-order valence-corrected chi connectivity index (χ4v) is 2.73. The number of rotatable bonds is 3. The lowest BCUT2D eigenvalue weighted by molar-refractivity contribution is 0.0337. The van der Waals surface area contributed by atoms with Gasteiger partial charge in [-0.15, -0.1) is 0 Å². The number of nitrogens with zero attached hydrogens (tertiary/aromatic N) is 1. The molecule has 1 aliphatic heterocycles. The molecule has 1 aliphatic rings. The summed E-state index contributed by atoms with van der Waals surface area (Å²) in [4.78, 5) is 4.00. The van der Waals surface area contributed by atoms with Gasteiger partial charge in [-0.05, 0) is 38.8 Å². The molecule has 2 unspecified atom stereocenters. The Morgan fingerprint density at radius 2 is 2.39 bits per heavy atom. The molecule has 0 saturated carbocycles. The first kappa shape index (κ1) is 13.6. The molecule has 0 bridgehead atoms. The van der Waals surface area contributed by atoms with E-state index in [-0.39, 0.29) is 0 Å². The van der Waals surface area contributed by atoms with Gasteiger partial charge in [-0.2, -0.15) is 0 Å². The number of anilines is 1. The Morgan fingerprint density at radius 1 is 1.61 bits per heavy atom. The Labute approximate surface area is 113 Å². The van der Waals surface area contributed by atoms with Gasteiger partial charge in [0.2, 0.25) is 0 Å². The van der Waals surface area contributed by atoms with Crippen LogP contribution in [0.3, 0.4) is 0 Å². The van der Waals surface area contributed by atoms with Crippen molar-refractivity contribution in [2.24, 2.45) is 0 Å². The first-order chi connectivity index (χ1) is 8.49. The van der Waals surface area contributed by atoms with E-state index < -0.39 is 5.60 Å². The third-order valence-electron chi connectivity index (χ3n) is 3.52. The molecule has 18 heavy (non-hydrogen) atoms.